The zero-order valence-electron chi connectivity index (χ0n) is 11.4. The summed E-state index contributed by atoms with van der Waals surface area (Å²) >= 11 is 5.74. The predicted molar refractivity (Wildman–Crippen MR) is 73.3 cm³/mol. The number of carbonyl (C=O) groups is 1. The summed E-state index contributed by atoms with van der Waals surface area (Å²) in [7, 11) is 0. The number of hydrogen-bond donors (Lipinski definition) is 0. The van der Waals surface area contributed by atoms with E-state index in [1.807, 2.05) is 0 Å². The van der Waals surface area contributed by atoms with Crippen molar-refractivity contribution >= 4 is 17.5 Å². The molecule has 0 aliphatic carbocycles. The number of rotatable bonds is 3. The largest absolute Gasteiger partial charge is 0.417 e. The zero-order valence-corrected chi connectivity index (χ0v) is 12.1. The molecule has 0 bridgehead atoms. The Morgan fingerprint density at radius 3 is 2.71 bits per heavy atom. The molecule has 0 N–H and O–H groups in total. The Balaban J connectivity index is 2.14. The lowest BCUT2D eigenvalue weighted by molar-refractivity contribution is -0.137. The first-order chi connectivity index (χ1) is 9.93. The summed E-state index contributed by atoms with van der Waals surface area (Å²) in [5, 5.41) is 0. The summed E-state index contributed by atoms with van der Waals surface area (Å²) in [5.41, 5.74) is -0.806. The molecule has 0 aromatic carbocycles. The Bertz CT molecular complexity index is 488. The van der Waals surface area contributed by atoms with E-state index in [-0.39, 0.29) is 17.6 Å². The van der Waals surface area contributed by atoms with Crippen LogP contribution in [0.15, 0.2) is 18.3 Å². The van der Waals surface area contributed by atoms with Gasteiger partial charge in [0.05, 0.1) is 5.56 Å². The predicted octanol–water partition coefficient (Wildman–Crippen LogP) is 3.72. The number of piperidine rings is 1. The van der Waals surface area contributed by atoms with Crippen molar-refractivity contribution in [3.8, 4) is 0 Å². The number of halogens is 4. The van der Waals surface area contributed by atoms with E-state index in [2.05, 4.69) is 4.98 Å². The summed E-state index contributed by atoms with van der Waals surface area (Å²) in [6, 6.07) is 2.07. The van der Waals surface area contributed by atoms with E-state index in [1.54, 1.807) is 4.90 Å². The smallest absolute Gasteiger partial charge is 0.334 e. The Kier molecular flexibility index (Phi) is 5.08. The van der Waals surface area contributed by atoms with Gasteiger partial charge in [0, 0.05) is 24.7 Å². The molecular weight excluding hydrogens is 305 g/mol. The van der Waals surface area contributed by atoms with Crippen LogP contribution in [-0.4, -0.2) is 34.3 Å². The molecule has 3 nitrogen and oxygen atoms in total. The van der Waals surface area contributed by atoms with Crippen molar-refractivity contribution in [3.05, 3.63) is 29.6 Å². The minimum Gasteiger partial charge on any atom is -0.334 e. The van der Waals surface area contributed by atoms with Crippen LogP contribution < -0.4 is 0 Å². The van der Waals surface area contributed by atoms with Crippen molar-refractivity contribution < 1.29 is 18.0 Å². The molecule has 1 aromatic rings. The third kappa shape index (κ3) is 3.87. The Labute approximate surface area is 126 Å². The average molecular weight is 321 g/mol. The number of amides is 1. The first-order valence-corrected chi connectivity index (χ1v) is 7.37. The maximum atomic E-state index is 12.5. The van der Waals surface area contributed by atoms with Crippen LogP contribution in [0.4, 0.5) is 13.2 Å². The highest BCUT2D eigenvalue weighted by Gasteiger charge is 2.32. The van der Waals surface area contributed by atoms with E-state index in [1.165, 1.54) is 0 Å². The number of nitrogens with zero attached hydrogens (tertiary/aromatic N) is 2. The summed E-state index contributed by atoms with van der Waals surface area (Å²) in [6.45, 7) is 0.600. The van der Waals surface area contributed by atoms with E-state index in [9.17, 15) is 18.0 Å². The fourth-order valence-corrected chi connectivity index (χ4v) is 2.78. The maximum absolute atomic E-state index is 12.5. The van der Waals surface area contributed by atoms with E-state index in [4.69, 9.17) is 11.6 Å². The number of aromatic nitrogens is 1. The zero-order chi connectivity index (χ0) is 15.5. The summed E-state index contributed by atoms with van der Waals surface area (Å²) in [5.74, 6) is 0.132. The molecule has 0 radical (unpaired) electrons. The topological polar surface area (TPSA) is 33.2 Å². The first-order valence-electron chi connectivity index (χ1n) is 6.83. The minimum atomic E-state index is -4.44. The molecule has 21 heavy (non-hydrogen) atoms. The lowest BCUT2D eigenvalue weighted by Crippen LogP contribution is -2.44. The van der Waals surface area contributed by atoms with Gasteiger partial charge in [-0.15, -0.1) is 11.6 Å². The number of carbonyl (C=O) groups excluding carboxylic acids is 1. The Morgan fingerprint density at radius 1 is 1.38 bits per heavy atom. The molecule has 1 aliphatic rings. The van der Waals surface area contributed by atoms with Crippen molar-refractivity contribution in [3.63, 3.8) is 0 Å². The van der Waals surface area contributed by atoms with Crippen molar-refractivity contribution in [2.24, 2.45) is 0 Å². The van der Waals surface area contributed by atoms with Gasteiger partial charge in [-0.05, 0) is 37.8 Å². The fourth-order valence-electron chi connectivity index (χ4n) is 2.53. The molecule has 0 saturated carbocycles. The molecule has 7 heteroatoms. The molecular formula is C14H16ClF3N2O. The molecule has 1 saturated heterocycles. The van der Waals surface area contributed by atoms with Gasteiger partial charge in [0.2, 0.25) is 0 Å². The molecule has 1 fully saturated rings. The lowest BCUT2D eigenvalue weighted by Gasteiger charge is -2.35. The van der Waals surface area contributed by atoms with Gasteiger partial charge in [-0.2, -0.15) is 13.2 Å². The van der Waals surface area contributed by atoms with Crippen LogP contribution >= 0.6 is 11.6 Å². The monoisotopic (exact) mass is 320 g/mol. The molecule has 2 heterocycles. The van der Waals surface area contributed by atoms with Crippen LogP contribution in [0.25, 0.3) is 0 Å². The van der Waals surface area contributed by atoms with Gasteiger partial charge in [-0.3, -0.25) is 9.78 Å². The van der Waals surface area contributed by atoms with Gasteiger partial charge in [0.15, 0.2) is 0 Å². The summed E-state index contributed by atoms with van der Waals surface area (Å²) in [4.78, 5) is 17.7. The number of alkyl halides is 4. The summed E-state index contributed by atoms with van der Waals surface area (Å²) in [6.07, 6.45) is -0.251. The highest BCUT2D eigenvalue weighted by Crippen LogP contribution is 2.29. The minimum absolute atomic E-state index is 0.0458. The number of likely N-dealkylation sites (tertiary alicyclic amines) is 1. The van der Waals surface area contributed by atoms with E-state index in [0.717, 1.165) is 31.4 Å². The van der Waals surface area contributed by atoms with E-state index < -0.39 is 11.7 Å². The lowest BCUT2D eigenvalue weighted by atomic mass is 9.99. The molecule has 116 valence electrons. The molecule has 1 unspecified atom stereocenters. The van der Waals surface area contributed by atoms with Crippen LogP contribution in [-0.2, 0) is 6.18 Å². The van der Waals surface area contributed by atoms with Crippen LogP contribution in [0.5, 0.6) is 0 Å². The molecule has 2 rings (SSSR count). The Hall–Kier alpha value is -1.30. The van der Waals surface area contributed by atoms with Crippen LogP contribution in [0.1, 0.15) is 41.7 Å². The van der Waals surface area contributed by atoms with Crippen molar-refractivity contribution in [2.75, 3.05) is 12.4 Å². The second-order valence-electron chi connectivity index (χ2n) is 5.06. The third-order valence-corrected chi connectivity index (χ3v) is 3.86. The van der Waals surface area contributed by atoms with Gasteiger partial charge >= 0.3 is 6.18 Å². The normalized spacial score (nSPS) is 19.6. The van der Waals surface area contributed by atoms with Gasteiger partial charge < -0.3 is 4.90 Å². The fraction of sp³-hybridized carbons (Fsp3) is 0.571. The SMILES string of the molecule is O=C(c1ccc(C(F)(F)F)cn1)N1CCCCC1CCCl. The van der Waals surface area contributed by atoms with Crippen LogP contribution in [0.3, 0.4) is 0 Å². The quantitative estimate of drug-likeness (QED) is 0.795. The maximum Gasteiger partial charge on any atom is 0.417 e. The van der Waals surface area contributed by atoms with Crippen LogP contribution in [0, 0.1) is 0 Å². The Morgan fingerprint density at radius 2 is 2.14 bits per heavy atom. The van der Waals surface area contributed by atoms with Gasteiger partial charge in [0.1, 0.15) is 5.69 Å². The number of pyridine rings is 1. The van der Waals surface area contributed by atoms with E-state index in [0.29, 0.717) is 25.0 Å². The van der Waals surface area contributed by atoms with Crippen LogP contribution in [0.2, 0.25) is 0 Å². The molecule has 1 atom stereocenters. The first kappa shape index (κ1) is 16.1. The van der Waals surface area contributed by atoms with Gasteiger partial charge in [-0.1, -0.05) is 0 Å². The highest BCUT2D eigenvalue weighted by molar-refractivity contribution is 6.17. The highest BCUT2D eigenvalue weighted by atomic mass is 35.5. The van der Waals surface area contributed by atoms with Crippen molar-refractivity contribution in [1.29, 1.82) is 0 Å². The standard InChI is InChI=1S/C14H16ClF3N2O/c15-7-6-11-3-1-2-8-20(11)13(21)12-5-4-10(9-19-12)14(16,17)18/h4-5,9,11H,1-3,6-8H2. The van der Waals surface area contributed by atoms with Gasteiger partial charge in [-0.25, -0.2) is 0 Å². The second-order valence-corrected chi connectivity index (χ2v) is 5.43. The summed E-state index contributed by atoms with van der Waals surface area (Å²) < 4.78 is 37.5. The van der Waals surface area contributed by atoms with Crippen molar-refractivity contribution in [1.82, 2.24) is 9.88 Å². The molecule has 1 amide bonds. The van der Waals surface area contributed by atoms with E-state index >= 15 is 0 Å². The second kappa shape index (κ2) is 6.64. The third-order valence-electron chi connectivity index (χ3n) is 3.64. The number of hydrogen-bond acceptors (Lipinski definition) is 2. The van der Waals surface area contributed by atoms with Crippen molar-refractivity contribution in [2.45, 2.75) is 37.9 Å². The molecule has 1 aromatic heterocycles. The molecule has 0 spiro atoms. The molecule has 1 aliphatic heterocycles. The van der Waals surface area contributed by atoms with Gasteiger partial charge in [0.25, 0.3) is 5.91 Å². The average Bonchev–Trinajstić information content (AvgIpc) is 2.47.